The van der Waals surface area contributed by atoms with Crippen molar-refractivity contribution in [1.82, 2.24) is 0 Å². The van der Waals surface area contributed by atoms with Crippen LogP contribution in [0.4, 0.5) is 11.4 Å². The minimum Gasteiger partial charge on any atom is -0.506 e. The maximum absolute atomic E-state index is 13.7. The number of hydrogen-bond acceptors (Lipinski definition) is 7. The van der Waals surface area contributed by atoms with Gasteiger partial charge < -0.3 is 19.9 Å². The summed E-state index contributed by atoms with van der Waals surface area (Å²) in [6.45, 7) is 6.59. The lowest BCUT2D eigenvalue weighted by Gasteiger charge is -2.16. The number of benzene rings is 4. The van der Waals surface area contributed by atoms with Crippen molar-refractivity contribution in [3.05, 3.63) is 94.0 Å². The topological polar surface area (TPSA) is 123 Å². The van der Waals surface area contributed by atoms with Crippen LogP contribution in [0.15, 0.2) is 77.8 Å². The monoisotopic (exact) mass is 681 g/mol. The number of aliphatic imine (C=N–C) groups is 1. The van der Waals surface area contributed by atoms with E-state index in [-0.39, 0.29) is 23.0 Å². The molecule has 0 unspecified atom stereocenters. The molecular weight excluding hydrogens is 630 g/mol. The second-order valence-corrected chi connectivity index (χ2v) is 13.0. The maximum Gasteiger partial charge on any atom is 0.270 e. The average Bonchev–Trinajstić information content (AvgIpc) is 3.11. The Morgan fingerprint density at radius 1 is 0.820 bits per heavy atom. The zero-order valence-electron chi connectivity index (χ0n) is 29.7. The molecule has 0 saturated heterocycles. The van der Waals surface area contributed by atoms with Crippen LogP contribution in [0.1, 0.15) is 114 Å². The summed E-state index contributed by atoms with van der Waals surface area (Å²) in [7, 11) is 0. The number of phenolic OH excluding ortho intramolecular Hbond substituents is 1. The van der Waals surface area contributed by atoms with Crippen molar-refractivity contribution in [2.45, 2.75) is 104 Å². The van der Waals surface area contributed by atoms with E-state index < -0.39 is 10.8 Å². The van der Waals surface area contributed by atoms with Gasteiger partial charge in [0.05, 0.1) is 22.8 Å². The number of non-ortho nitro benzene ring substituents is 1. The van der Waals surface area contributed by atoms with E-state index in [0.29, 0.717) is 45.9 Å². The molecule has 0 aliphatic carbocycles. The molecule has 0 aliphatic heterocycles. The highest BCUT2D eigenvalue weighted by atomic mass is 16.6. The van der Waals surface area contributed by atoms with Crippen LogP contribution in [-0.2, 0) is 0 Å². The van der Waals surface area contributed by atoms with Crippen LogP contribution < -0.4 is 14.8 Å². The molecule has 1 amide bonds. The number of nitro groups is 1. The van der Waals surface area contributed by atoms with Crippen molar-refractivity contribution in [2.75, 3.05) is 11.9 Å². The second-order valence-electron chi connectivity index (χ2n) is 13.0. The SMILES string of the molecule is CCCCCCCCCCCCCCOc1ccccc1NC(=O)c1cc(Oc2ccc([N+](=O)[O-])cc2C=NC(C)C)c2ccccc2c1O. The smallest absolute Gasteiger partial charge is 0.270 e. The molecule has 9 nitrogen and oxygen atoms in total. The Kier molecular flexibility index (Phi) is 15.1. The van der Waals surface area contributed by atoms with Crippen LogP contribution in [0.5, 0.6) is 23.0 Å². The summed E-state index contributed by atoms with van der Waals surface area (Å²) in [6.07, 6.45) is 16.7. The fourth-order valence-electron chi connectivity index (χ4n) is 5.79. The minimum atomic E-state index is -0.537. The van der Waals surface area contributed by atoms with E-state index in [1.165, 1.54) is 94.7 Å². The normalized spacial score (nSPS) is 11.4. The van der Waals surface area contributed by atoms with Crippen LogP contribution in [-0.4, -0.2) is 34.8 Å². The van der Waals surface area contributed by atoms with Gasteiger partial charge in [-0.1, -0.05) is 114 Å². The van der Waals surface area contributed by atoms with Gasteiger partial charge in [-0.05, 0) is 44.5 Å². The lowest BCUT2D eigenvalue weighted by Crippen LogP contribution is -2.14. The van der Waals surface area contributed by atoms with Gasteiger partial charge in [0.1, 0.15) is 23.0 Å². The Balaban J connectivity index is 1.42. The number of ether oxygens (including phenoxy) is 2. The third-order valence-corrected chi connectivity index (χ3v) is 8.55. The molecular formula is C41H51N3O6. The molecule has 0 radical (unpaired) electrons. The van der Waals surface area contributed by atoms with Crippen LogP contribution in [0.3, 0.4) is 0 Å². The molecule has 0 atom stereocenters. The largest absolute Gasteiger partial charge is 0.506 e. The standard InChI is InChI=1S/C41H51N3O6/c1-4-5-6-7-8-9-10-11-12-13-14-19-26-49-38-23-18-17-22-36(38)43-41(46)35-28-39(33-20-15-16-21-34(33)40(35)45)50-37-25-24-32(44(47)48)27-31(37)29-42-30(2)3/h15-18,20-25,27-30,45H,4-14,19,26H2,1-3H3,(H,43,46). The van der Waals surface area contributed by atoms with Gasteiger partial charge in [-0.2, -0.15) is 0 Å². The molecule has 0 bridgehead atoms. The predicted molar refractivity (Wildman–Crippen MR) is 202 cm³/mol. The number of para-hydroxylation sites is 2. The third kappa shape index (κ3) is 11.3. The summed E-state index contributed by atoms with van der Waals surface area (Å²) in [4.78, 5) is 29.1. The number of amides is 1. The molecule has 4 aromatic rings. The van der Waals surface area contributed by atoms with Gasteiger partial charge in [-0.25, -0.2) is 0 Å². The van der Waals surface area contributed by atoms with Crippen molar-refractivity contribution < 1.29 is 24.3 Å². The van der Waals surface area contributed by atoms with Crippen molar-refractivity contribution in [2.24, 2.45) is 4.99 Å². The number of rotatable bonds is 21. The Labute approximate surface area is 295 Å². The number of carbonyl (C=O) groups excluding carboxylic acids is 1. The van der Waals surface area contributed by atoms with Crippen LogP contribution >= 0.6 is 0 Å². The molecule has 266 valence electrons. The number of nitro benzene ring substituents is 1. The van der Waals surface area contributed by atoms with E-state index in [0.717, 1.165) is 12.8 Å². The number of anilines is 1. The summed E-state index contributed by atoms with van der Waals surface area (Å²) < 4.78 is 12.4. The number of unbranched alkanes of at least 4 members (excludes halogenated alkanes) is 11. The molecule has 0 fully saturated rings. The van der Waals surface area contributed by atoms with Crippen LogP contribution in [0, 0.1) is 10.1 Å². The summed E-state index contributed by atoms with van der Waals surface area (Å²) >= 11 is 0. The van der Waals surface area contributed by atoms with E-state index in [1.54, 1.807) is 30.3 Å². The van der Waals surface area contributed by atoms with Crippen molar-refractivity contribution in [3.8, 4) is 23.0 Å². The van der Waals surface area contributed by atoms with Crippen molar-refractivity contribution in [3.63, 3.8) is 0 Å². The molecule has 0 spiro atoms. The van der Waals surface area contributed by atoms with Crippen molar-refractivity contribution >= 4 is 34.3 Å². The first-order valence-corrected chi connectivity index (χ1v) is 18.1. The molecule has 4 rings (SSSR count). The quantitative estimate of drug-likeness (QED) is 0.0390. The number of aromatic hydroxyl groups is 1. The van der Waals surface area contributed by atoms with Gasteiger partial charge >= 0.3 is 0 Å². The van der Waals surface area contributed by atoms with Gasteiger partial charge in [0.15, 0.2) is 0 Å². The zero-order valence-corrected chi connectivity index (χ0v) is 29.7. The molecule has 0 aromatic heterocycles. The van der Waals surface area contributed by atoms with Gasteiger partial charge in [-0.15, -0.1) is 0 Å². The number of carbonyl (C=O) groups is 1. The minimum absolute atomic E-state index is 0.00812. The Morgan fingerprint density at radius 3 is 2.10 bits per heavy atom. The van der Waals surface area contributed by atoms with E-state index >= 15 is 0 Å². The molecule has 2 N–H and O–H groups in total. The van der Waals surface area contributed by atoms with Gasteiger partial charge in [0.2, 0.25) is 0 Å². The highest BCUT2D eigenvalue weighted by molar-refractivity contribution is 6.11. The first-order chi connectivity index (χ1) is 24.3. The summed E-state index contributed by atoms with van der Waals surface area (Å²) in [6, 6.07) is 20.0. The van der Waals surface area contributed by atoms with E-state index in [9.17, 15) is 20.0 Å². The highest BCUT2D eigenvalue weighted by Crippen LogP contribution is 2.40. The van der Waals surface area contributed by atoms with E-state index in [2.05, 4.69) is 17.2 Å². The van der Waals surface area contributed by atoms with E-state index in [4.69, 9.17) is 9.47 Å². The first kappa shape index (κ1) is 37.9. The third-order valence-electron chi connectivity index (χ3n) is 8.55. The molecule has 9 heteroatoms. The number of hydrogen-bond donors (Lipinski definition) is 2. The molecule has 0 heterocycles. The van der Waals surface area contributed by atoms with Gasteiger partial charge in [-0.3, -0.25) is 19.9 Å². The van der Waals surface area contributed by atoms with E-state index in [1.807, 2.05) is 32.0 Å². The predicted octanol–water partition coefficient (Wildman–Crippen LogP) is 11.4. The number of phenols is 1. The van der Waals surface area contributed by atoms with Crippen molar-refractivity contribution in [1.29, 1.82) is 0 Å². The van der Waals surface area contributed by atoms with Crippen LogP contribution in [0.25, 0.3) is 10.8 Å². The van der Waals surface area contributed by atoms with Gasteiger partial charge in [0.25, 0.3) is 11.6 Å². The molecule has 0 aliphatic rings. The Morgan fingerprint density at radius 2 is 1.44 bits per heavy atom. The zero-order chi connectivity index (χ0) is 35.7. The Hall–Kier alpha value is -4.92. The first-order valence-electron chi connectivity index (χ1n) is 18.1. The highest BCUT2D eigenvalue weighted by Gasteiger charge is 2.21. The number of nitrogens with one attached hydrogen (secondary N) is 1. The number of nitrogens with zero attached hydrogens (tertiary/aromatic N) is 2. The van der Waals surface area contributed by atoms with Gasteiger partial charge in [0, 0.05) is 40.7 Å². The summed E-state index contributed by atoms with van der Waals surface area (Å²) in [5, 5.41) is 26.6. The number of fused-ring (bicyclic) bond motifs is 1. The summed E-state index contributed by atoms with van der Waals surface area (Å²) in [5.41, 5.74) is 0.816. The fourth-order valence-corrected chi connectivity index (χ4v) is 5.79. The Bertz CT molecular complexity index is 1740. The second kappa shape index (κ2) is 19.9. The lowest BCUT2D eigenvalue weighted by molar-refractivity contribution is -0.384. The average molecular weight is 682 g/mol. The lowest BCUT2D eigenvalue weighted by atomic mass is 10.0. The maximum atomic E-state index is 13.7. The fraction of sp³-hybridized carbons (Fsp3) is 0.415. The molecule has 50 heavy (non-hydrogen) atoms. The molecule has 4 aromatic carbocycles. The van der Waals surface area contributed by atoms with Crippen LogP contribution in [0.2, 0.25) is 0 Å². The summed E-state index contributed by atoms with van der Waals surface area (Å²) in [5.74, 6) is 0.447. The molecule has 0 saturated carbocycles.